The Kier molecular flexibility index (Phi) is 4.62. The second-order valence-corrected chi connectivity index (χ2v) is 5.63. The summed E-state index contributed by atoms with van der Waals surface area (Å²) in [6.07, 6.45) is 6.92. The van der Waals surface area contributed by atoms with E-state index in [4.69, 9.17) is 0 Å². The number of likely N-dealkylation sites (tertiary alicyclic amines) is 1. The van der Waals surface area contributed by atoms with Gasteiger partial charge in [0.1, 0.15) is 0 Å². The second kappa shape index (κ2) is 5.99. The normalized spacial score (nSPS) is 33.2. The monoisotopic (exact) mass is 225 g/mol. The zero-order chi connectivity index (χ0) is 11.4. The molecule has 94 valence electrons. The van der Waals surface area contributed by atoms with Crippen LogP contribution in [0.5, 0.6) is 0 Å². The number of likely N-dealkylation sites (N-methyl/N-ethyl adjacent to an activating group) is 1. The summed E-state index contributed by atoms with van der Waals surface area (Å²) in [6.45, 7) is 5.02. The van der Waals surface area contributed by atoms with E-state index in [-0.39, 0.29) is 0 Å². The molecule has 16 heavy (non-hydrogen) atoms. The van der Waals surface area contributed by atoms with E-state index in [1.165, 1.54) is 58.3 Å². The van der Waals surface area contributed by atoms with Crippen molar-refractivity contribution >= 4 is 0 Å². The lowest BCUT2D eigenvalue weighted by Gasteiger charge is -2.33. The summed E-state index contributed by atoms with van der Waals surface area (Å²) in [7, 11) is 4.40. The number of rotatable bonds is 3. The lowest BCUT2D eigenvalue weighted by atomic mass is 10.1. The first-order valence-corrected chi connectivity index (χ1v) is 6.88. The quantitative estimate of drug-likeness (QED) is 0.777. The van der Waals surface area contributed by atoms with Crippen molar-refractivity contribution in [2.75, 3.05) is 40.3 Å². The van der Waals surface area contributed by atoms with E-state index >= 15 is 0 Å². The summed E-state index contributed by atoms with van der Waals surface area (Å²) in [5.74, 6) is 0. The van der Waals surface area contributed by atoms with Crippen molar-refractivity contribution in [3.63, 3.8) is 0 Å². The van der Waals surface area contributed by atoms with Gasteiger partial charge in [-0.1, -0.05) is 0 Å². The molecule has 2 unspecified atom stereocenters. The minimum Gasteiger partial charge on any atom is -0.317 e. The lowest BCUT2D eigenvalue weighted by Crippen LogP contribution is -2.44. The van der Waals surface area contributed by atoms with E-state index in [1.54, 1.807) is 0 Å². The fourth-order valence-electron chi connectivity index (χ4n) is 3.29. The number of nitrogens with zero attached hydrogens (tertiary/aromatic N) is 2. The van der Waals surface area contributed by atoms with Gasteiger partial charge in [-0.25, -0.2) is 0 Å². The topological polar surface area (TPSA) is 18.5 Å². The maximum absolute atomic E-state index is 3.52. The highest BCUT2D eigenvalue weighted by atomic mass is 15.2. The van der Waals surface area contributed by atoms with Crippen LogP contribution in [0.15, 0.2) is 0 Å². The average molecular weight is 225 g/mol. The Morgan fingerprint density at radius 3 is 2.81 bits per heavy atom. The molecular weight excluding hydrogens is 198 g/mol. The Morgan fingerprint density at radius 2 is 2.00 bits per heavy atom. The van der Waals surface area contributed by atoms with Crippen molar-refractivity contribution < 1.29 is 0 Å². The fraction of sp³-hybridized carbons (Fsp3) is 1.00. The van der Waals surface area contributed by atoms with Gasteiger partial charge in [0.05, 0.1) is 0 Å². The molecule has 2 atom stereocenters. The standard InChI is InChI=1S/C13H27N3/c1-15(2)11-13-6-4-10-16(13)12-5-3-8-14-9-7-12/h12-14H,3-11H2,1-2H3. The molecule has 1 N–H and O–H groups in total. The van der Waals surface area contributed by atoms with E-state index in [9.17, 15) is 0 Å². The molecule has 2 aliphatic heterocycles. The van der Waals surface area contributed by atoms with Crippen molar-refractivity contribution in [1.29, 1.82) is 0 Å². The first kappa shape index (κ1) is 12.3. The van der Waals surface area contributed by atoms with Gasteiger partial charge in [0.15, 0.2) is 0 Å². The summed E-state index contributed by atoms with van der Waals surface area (Å²) < 4.78 is 0. The van der Waals surface area contributed by atoms with Gasteiger partial charge in [-0.15, -0.1) is 0 Å². The van der Waals surface area contributed by atoms with Gasteiger partial charge in [0, 0.05) is 18.6 Å². The number of hydrogen-bond donors (Lipinski definition) is 1. The third-order valence-electron chi connectivity index (χ3n) is 4.01. The van der Waals surface area contributed by atoms with E-state index < -0.39 is 0 Å². The molecule has 2 fully saturated rings. The van der Waals surface area contributed by atoms with Crippen LogP contribution in [0.1, 0.15) is 32.1 Å². The fourth-order valence-corrected chi connectivity index (χ4v) is 3.29. The van der Waals surface area contributed by atoms with Gasteiger partial charge >= 0.3 is 0 Å². The highest BCUT2D eigenvalue weighted by molar-refractivity contribution is 4.87. The second-order valence-electron chi connectivity index (χ2n) is 5.63. The smallest absolute Gasteiger partial charge is 0.0226 e. The van der Waals surface area contributed by atoms with Crippen LogP contribution in [0.2, 0.25) is 0 Å². The maximum Gasteiger partial charge on any atom is 0.0226 e. The summed E-state index contributed by atoms with van der Waals surface area (Å²) in [5, 5.41) is 3.52. The Labute approximate surface area is 100 Å². The van der Waals surface area contributed by atoms with E-state index in [2.05, 4.69) is 29.2 Å². The predicted octanol–water partition coefficient (Wildman–Crippen LogP) is 1.15. The zero-order valence-electron chi connectivity index (χ0n) is 10.9. The zero-order valence-corrected chi connectivity index (χ0v) is 10.9. The SMILES string of the molecule is CN(C)CC1CCCN1C1CCCNCC1. The van der Waals surface area contributed by atoms with Gasteiger partial charge < -0.3 is 10.2 Å². The van der Waals surface area contributed by atoms with E-state index in [0.29, 0.717) is 0 Å². The summed E-state index contributed by atoms with van der Waals surface area (Å²) in [5.41, 5.74) is 0. The molecule has 3 nitrogen and oxygen atoms in total. The lowest BCUT2D eigenvalue weighted by molar-refractivity contribution is 0.142. The van der Waals surface area contributed by atoms with Crippen LogP contribution in [0.3, 0.4) is 0 Å². The number of hydrogen-bond acceptors (Lipinski definition) is 3. The van der Waals surface area contributed by atoms with Crippen molar-refractivity contribution in [1.82, 2.24) is 15.1 Å². The Morgan fingerprint density at radius 1 is 1.12 bits per heavy atom. The maximum atomic E-state index is 3.52. The van der Waals surface area contributed by atoms with Crippen molar-refractivity contribution in [2.24, 2.45) is 0 Å². The predicted molar refractivity (Wildman–Crippen MR) is 68.8 cm³/mol. The summed E-state index contributed by atoms with van der Waals surface area (Å²) >= 11 is 0. The third kappa shape index (κ3) is 3.19. The minimum absolute atomic E-state index is 0.818. The molecule has 2 heterocycles. The van der Waals surface area contributed by atoms with Gasteiger partial charge in [-0.05, 0) is 65.8 Å². The van der Waals surface area contributed by atoms with Crippen molar-refractivity contribution in [3.05, 3.63) is 0 Å². The van der Waals surface area contributed by atoms with Crippen LogP contribution in [-0.4, -0.2) is 62.2 Å². The largest absolute Gasteiger partial charge is 0.317 e. The van der Waals surface area contributed by atoms with Crippen LogP contribution in [0, 0.1) is 0 Å². The molecule has 0 amide bonds. The van der Waals surface area contributed by atoms with Gasteiger partial charge in [0.25, 0.3) is 0 Å². The average Bonchev–Trinajstić information content (AvgIpc) is 2.53. The Hall–Kier alpha value is -0.120. The van der Waals surface area contributed by atoms with Crippen LogP contribution in [-0.2, 0) is 0 Å². The van der Waals surface area contributed by atoms with Crippen LogP contribution in [0.25, 0.3) is 0 Å². The molecule has 0 spiro atoms. The number of nitrogens with one attached hydrogen (secondary N) is 1. The van der Waals surface area contributed by atoms with E-state index in [1.807, 2.05) is 0 Å². The molecule has 0 aromatic rings. The molecule has 3 heteroatoms. The molecule has 0 bridgehead atoms. The van der Waals surface area contributed by atoms with Crippen LogP contribution >= 0.6 is 0 Å². The summed E-state index contributed by atoms with van der Waals surface area (Å²) in [6, 6.07) is 1.67. The molecule has 0 aromatic heterocycles. The molecule has 0 radical (unpaired) electrons. The molecule has 0 aliphatic carbocycles. The highest BCUT2D eigenvalue weighted by Crippen LogP contribution is 2.25. The van der Waals surface area contributed by atoms with Crippen LogP contribution < -0.4 is 5.32 Å². The first-order valence-electron chi connectivity index (χ1n) is 6.88. The molecule has 2 rings (SSSR count). The highest BCUT2D eigenvalue weighted by Gasteiger charge is 2.30. The van der Waals surface area contributed by atoms with Crippen molar-refractivity contribution in [3.8, 4) is 0 Å². The van der Waals surface area contributed by atoms with E-state index in [0.717, 1.165) is 12.1 Å². The van der Waals surface area contributed by atoms with Gasteiger partial charge in [-0.3, -0.25) is 4.90 Å². The van der Waals surface area contributed by atoms with Gasteiger partial charge in [-0.2, -0.15) is 0 Å². The third-order valence-corrected chi connectivity index (χ3v) is 4.01. The van der Waals surface area contributed by atoms with Gasteiger partial charge in [0.2, 0.25) is 0 Å². The Bertz CT molecular complexity index is 197. The molecule has 0 saturated carbocycles. The Balaban J connectivity index is 1.90. The van der Waals surface area contributed by atoms with Crippen LogP contribution in [0.4, 0.5) is 0 Å². The molecular formula is C13H27N3. The molecule has 0 aromatic carbocycles. The van der Waals surface area contributed by atoms with Crippen molar-refractivity contribution in [2.45, 2.75) is 44.2 Å². The first-order chi connectivity index (χ1) is 7.77. The minimum atomic E-state index is 0.818. The molecule has 2 saturated heterocycles. The summed E-state index contributed by atoms with van der Waals surface area (Å²) in [4.78, 5) is 5.14. The molecule has 2 aliphatic rings.